The maximum absolute atomic E-state index is 14.0. The van der Waals surface area contributed by atoms with Crippen LogP contribution in [0.5, 0.6) is 0 Å². The Labute approximate surface area is 206 Å². The van der Waals surface area contributed by atoms with Crippen LogP contribution in [0.15, 0.2) is 108 Å². The molecular formula is C31H20FN3O. The summed E-state index contributed by atoms with van der Waals surface area (Å²) in [5.74, 6) is 0.422. The predicted molar refractivity (Wildman–Crippen MR) is 142 cm³/mol. The normalized spacial score (nSPS) is 11.6. The molecule has 0 bridgehead atoms. The lowest BCUT2D eigenvalue weighted by Gasteiger charge is -2.11. The fraction of sp³-hybridized carbons (Fsp3) is 0.0323. The molecule has 0 fully saturated rings. The monoisotopic (exact) mass is 469 g/mol. The zero-order valence-corrected chi connectivity index (χ0v) is 19.4. The molecule has 0 aliphatic heterocycles. The van der Waals surface area contributed by atoms with Gasteiger partial charge >= 0.3 is 0 Å². The van der Waals surface area contributed by atoms with Gasteiger partial charge in [0.25, 0.3) is 0 Å². The van der Waals surface area contributed by atoms with E-state index >= 15 is 0 Å². The third-order valence-electron chi connectivity index (χ3n) is 6.60. The van der Waals surface area contributed by atoms with E-state index in [2.05, 4.69) is 34.9 Å². The molecule has 3 aromatic heterocycles. The number of aryl methyl sites for hydroxylation is 1. The first-order chi connectivity index (χ1) is 17.7. The van der Waals surface area contributed by atoms with Crippen LogP contribution in [0, 0.1) is 12.7 Å². The fourth-order valence-corrected chi connectivity index (χ4v) is 4.95. The third-order valence-corrected chi connectivity index (χ3v) is 6.60. The van der Waals surface area contributed by atoms with Crippen LogP contribution in [-0.4, -0.2) is 14.5 Å². The molecule has 36 heavy (non-hydrogen) atoms. The van der Waals surface area contributed by atoms with Gasteiger partial charge in [-0.2, -0.15) is 0 Å². The number of benzene rings is 4. The fourth-order valence-electron chi connectivity index (χ4n) is 4.95. The lowest BCUT2D eigenvalue weighted by Crippen LogP contribution is -1.98. The zero-order valence-electron chi connectivity index (χ0n) is 19.4. The second-order valence-electron chi connectivity index (χ2n) is 8.86. The number of rotatable bonds is 3. The van der Waals surface area contributed by atoms with Crippen LogP contribution in [0.25, 0.3) is 61.3 Å². The largest absolute Gasteiger partial charge is 0.455 e. The lowest BCUT2D eigenvalue weighted by molar-refractivity contribution is 0.618. The Kier molecular flexibility index (Phi) is 4.51. The highest BCUT2D eigenvalue weighted by Crippen LogP contribution is 2.38. The smallest absolute Gasteiger partial charge is 0.149 e. The second kappa shape index (κ2) is 7.89. The molecular weight excluding hydrogens is 449 g/mol. The number of imidazole rings is 1. The van der Waals surface area contributed by atoms with Crippen LogP contribution in [0.1, 0.15) is 5.69 Å². The maximum atomic E-state index is 14.0. The first-order valence-corrected chi connectivity index (χ1v) is 11.8. The minimum atomic E-state index is -0.324. The van der Waals surface area contributed by atoms with Gasteiger partial charge in [-0.25, -0.2) is 9.37 Å². The number of furan rings is 1. The molecule has 0 saturated carbocycles. The van der Waals surface area contributed by atoms with Crippen molar-refractivity contribution in [2.24, 2.45) is 0 Å². The highest BCUT2D eigenvalue weighted by molar-refractivity contribution is 6.09. The maximum Gasteiger partial charge on any atom is 0.149 e. The van der Waals surface area contributed by atoms with E-state index in [0.29, 0.717) is 11.2 Å². The highest BCUT2D eigenvalue weighted by Gasteiger charge is 2.21. The van der Waals surface area contributed by atoms with Crippen molar-refractivity contribution < 1.29 is 8.81 Å². The molecule has 7 rings (SSSR count). The molecule has 0 spiro atoms. The first-order valence-electron chi connectivity index (χ1n) is 11.8. The average Bonchev–Trinajstić information content (AvgIpc) is 3.48. The molecule has 0 unspecified atom stereocenters. The van der Waals surface area contributed by atoms with E-state index in [-0.39, 0.29) is 5.82 Å². The standard InChI is InChI=1S/C31H20FN3O/c1-19-29-27(18-26(33-19)20-9-4-2-5-10-20)35(22-11-6-3-7-12-22)31(34-29)25-14-8-13-24-23-16-15-21(32)17-28(23)36-30(24)25/h2-18H,1H3. The Morgan fingerprint density at radius 2 is 1.53 bits per heavy atom. The summed E-state index contributed by atoms with van der Waals surface area (Å²) < 4.78 is 22.3. The summed E-state index contributed by atoms with van der Waals surface area (Å²) in [6.07, 6.45) is 0. The zero-order chi connectivity index (χ0) is 24.2. The number of aromatic nitrogens is 3. The number of fused-ring (bicyclic) bond motifs is 4. The molecule has 4 aromatic carbocycles. The molecule has 0 aliphatic carbocycles. The van der Waals surface area contributed by atoms with Crippen LogP contribution >= 0.6 is 0 Å². The van der Waals surface area contributed by atoms with Gasteiger partial charge in [0.2, 0.25) is 0 Å². The van der Waals surface area contributed by atoms with Gasteiger partial charge in [0.15, 0.2) is 0 Å². The summed E-state index contributed by atoms with van der Waals surface area (Å²) >= 11 is 0. The van der Waals surface area contributed by atoms with Gasteiger partial charge in [-0.1, -0.05) is 60.7 Å². The SMILES string of the molecule is Cc1nc(-c2ccccc2)cc2c1nc(-c1cccc3c1oc1cc(F)ccc13)n2-c1ccccc1. The van der Waals surface area contributed by atoms with E-state index in [1.165, 1.54) is 12.1 Å². The van der Waals surface area contributed by atoms with Crippen molar-refractivity contribution in [3.63, 3.8) is 0 Å². The van der Waals surface area contributed by atoms with E-state index < -0.39 is 0 Å². The molecule has 0 N–H and O–H groups in total. The van der Waals surface area contributed by atoms with E-state index in [4.69, 9.17) is 14.4 Å². The molecule has 0 amide bonds. The lowest BCUT2D eigenvalue weighted by atomic mass is 10.1. The Morgan fingerprint density at radius 3 is 2.33 bits per heavy atom. The number of hydrogen-bond acceptors (Lipinski definition) is 3. The van der Waals surface area contributed by atoms with Gasteiger partial charge in [-0.15, -0.1) is 0 Å². The number of hydrogen-bond donors (Lipinski definition) is 0. The average molecular weight is 470 g/mol. The number of pyridine rings is 1. The molecule has 0 atom stereocenters. The highest BCUT2D eigenvalue weighted by atomic mass is 19.1. The summed E-state index contributed by atoms with van der Waals surface area (Å²) in [4.78, 5) is 9.98. The Balaban J connectivity index is 1.58. The Hall–Kier alpha value is -4.77. The molecule has 4 nitrogen and oxygen atoms in total. The van der Waals surface area contributed by atoms with Gasteiger partial charge in [0.05, 0.1) is 22.5 Å². The summed E-state index contributed by atoms with van der Waals surface area (Å²) in [6, 6.07) is 33.1. The minimum Gasteiger partial charge on any atom is -0.455 e. The third kappa shape index (κ3) is 3.13. The van der Waals surface area contributed by atoms with E-state index in [9.17, 15) is 4.39 Å². The van der Waals surface area contributed by atoms with Crippen LogP contribution < -0.4 is 0 Å². The molecule has 0 radical (unpaired) electrons. The van der Waals surface area contributed by atoms with E-state index in [0.717, 1.165) is 55.8 Å². The van der Waals surface area contributed by atoms with Crippen molar-refractivity contribution in [2.45, 2.75) is 6.92 Å². The number of halogens is 1. The topological polar surface area (TPSA) is 43.9 Å². The van der Waals surface area contributed by atoms with Gasteiger partial charge in [-0.05, 0) is 43.3 Å². The quantitative estimate of drug-likeness (QED) is 0.263. The predicted octanol–water partition coefficient (Wildman–Crippen LogP) is 8.10. The second-order valence-corrected chi connectivity index (χ2v) is 8.86. The van der Waals surface area contributed by atoms with E-state index in [1.807, 2.05) is 61.5 Å². The van der Waals surface area contributed by atoms with E-state index in [1.54, 1.807) is 6.07 Å². The van der Waals surface area contributed by atoms with Gasteiger partial charge in [-0.3, -0.25) is 9.55 Å². The van der Waals surface area contributed by atoms with Crippen molar-refractivity contribution in [3.8, 4) is 28.3 Å². The number of para-hydroxylation sites is 2. The molecule has 3 heterocycles. The van der Waals surface area contributed by atoms with Crippen LogP contribution in [0.2, 0.25) is 0 Å². The summed E-state index contributed by atoms with van der Waals surface area (Å²) in [5, 5.41) is 1.80. The summed E-state index contributed by atoms with van der Waals surface area (Å²) in [7, 11) is 0. The Bertz CT molecular complexity index is 1900. The van der Waals surface area contributed by atoms with Crippen molar-refractivity contribution >= 4 is 33.0 Å². The van der Waals surface area contributed by atoms with Gasteiger partial charge in [0, 0.05) is 28.1 Å². The molecule has 0 saturated heterocycles. The van der Waals surface area contributed by atoms with Gasteiger partial charge < -0.3 is 4.42 Å². The molecule has 172 valence electrons. The minimum absolute atomic E-state index is 0.324. The van der Waals surface area contributed by atoms with Crippen molar-refractivity contribution in [2.75, 3.05) is 0 Å². The van der Waals surface area contributed by atoms with Crippen LogP contribution in [0.4, 0.5) is 4.39 Å². The summed E-state index contributed by atoms with van der Waals surface area (Å²) in [5.41, 5.74) is 7.59. The Morgan fingerprint density at radius 1 is 0.750 bits per heavy atom. The van der Waals surface area contributed by atoms with Crippen molar-refractivity contribution in [1.82, 2.24) is 14.5 Å². The molecule has 5 heteroatoms. The van der Waals surface area contributed by atoms with Crippen LogP contribution in [0.3, 0.4) is 0 Å². The summed E-state index contributed by atoms with van der Waals surface area (Å²) in [6.45, 7) is 1.99. The van der Waals surface area contributed by atoms with Crippen molar-refractivity contribution in [1.29, 1.82) is 0 Å². The molecule has 7 aromatic rings. The van der Waals surface area contributed by atoms with Gasteiger partial charge in [0.1, 0.15) is 28.3 Å². The molecule has 0 aliphatic rings. The van der Waals surface area contributed by atoms with Crippen molar-refractivity contribution in [3.05, 3.63) is 115 Å². The first kappa shape index (κ1) is 20.6. The van der Waals surface area contributed by atoms with Crippen LogP contribution in [-0.2, 0) is 0 Å². The number of nitrogens with zero attached hydrogens (tertiary/aromatic N) is 3.